The molecule has 0 unspecified atom stereocenters. The number of benzene rings is 1. The van der Waals surface area contributed by atoms with E-state index in [0.717, 1.165) is 12.2 Å². The summed E-state index contributed by atoms with van der Waals surface area (Å²) in [5.74, 6) is 0. The van der Waals surface area contributed by atoms with Crippen molar-refractivity contribution >= 4 is 5.69 Å². The Bertz CT molecular complexity index is 267. The van der Waals surface area contributed by atoms with Crippen LogP contribution >= 0.6 is 0 Å². The lowest BCUT2D eigenvalue weighted by atomic mass is 10.1. The van der Waals surface area contributed by atoms with Crippen molar-refractivity contribution in [1.82, 2.24) is 5.32 Å². The molecular weight excluding hydrogens is 172 g/mol. The van der Waals surface area contributed by atoms with Gasteiger partial charge in [-0.25, -0.2) is 0 Å². The average molecular weight is 192 g/mol. The number of para-hydroxylation sites is 1. The van der Waals surface area contributed by atoms with Crippen LogP contribution in [0.3, 0.4) is 0 Å². The molecule has 2 nitrogen and oxygen atoms in total. The van der Waals surface area contributed by atoms with Gasteiger partial charge in [0.2, 0.25) is 0 Å². The number of rotatable bonds is 5. The second kappa shape index (κ2) is 5.66. The van der Waals surface area contributed by atoms with Gasteiger partial charge < -0.3 is 11.1 Å². The van der Waals surface area contributed by atoms with E-state index < -0.39 is 0 Å². The lowest BCUT2D eigenvalue weighted by Crippen LogP contribution is -2.27. The number of hydrogen-bond donors (Lipinski definition) is 2. The second-order valence-electron chi connectivity index (χ2n) is 3.59. The molecule has 0 aromatic heterocycles. The molecule has 0 atom stereocenters. The van der Waals surface area contributed by atoms with Crippen molar-refractivity contribution in [1.29, 1.82) is 0 Å². The van der Waals surface area contributed by atoms with E-state index in [1.54, 1.807) is 0 Å². The van der Waals surface area contributed by atoms with Crippen LogP contribution in [0.1, 0.15) is 32.3 Å². The molecule has 0 saturated carbocycles. The highest BCUT2D eigenvalue weighted by Gasteiger charge is 2.03. The first kappa shape index (κ1) is 11.1. The van der Waals surface area contributed by atoms with Crippen molar-refractivity contribution in [2.45, 2.75) is 39.3 Å². The van der Waals surface area contributed by atoms with Crippen molar-refractivity contribution in [3.05, 3.63) is 29.8 Å². The number of hydrogen-bond acceptors (Lipinski definition) is 2. The molecular formula is C12H20N2. The molecule has 2 heteroatoms. The first-order valence-corrected chi connectivity index (χ1v) is 5.34. The minimum atomic E-state index is 0.606. The van der Waals surface area contributed by atoms with Gasteiger partial charge in [0.05, 0.1) is 0 Å². The van der Waals surface area contributed by atoms with Gasteiger partial charge in [-0.05, 0) is 24.5 Å². The van der Waals surface area contributed by atoms with E-state index in [1.165, 1.54) is 18.4 Å². The third-order valence-corrected chi connectivity index (χ3v) is 2.62. The fourth-order valence-electron chi connectivity index (χ4n) is 1.53. The summed E-state index contributed by atoms with van der Waals surface area (Å²) in [6.07, 6.45) is 2.34. The highest BCUT2D eigenvalue weighted by Crippen LogP contribution is 2.10. The summed E-state index contributed by atoms with van der Waals surface area (Å²) in [6.45, 7) is 5.28. The van der Waals surface area contributed by atoms with Crippen LogP contribution in [-0.2, 0) is 6.54 Å². The quantitative estimate of drug-likeness (QED) is 0.704. The zero-order chi connectivity index (χ0) is 10.4. The lowest BCUT2D eigenvalue weighted by molar-refractivity contribution is 0.484. The van der Waals surface area contributed by atoms with E-state index in [-0.39, 0.29) is 0 Å². The summed E-state index contributed by atoms with van der Waals surface area (Å²) < 4.78 is 0. The molecule has 0 bridgehead atoms. The van der Waals surface area contributed by atoms with Crippen LogP contribution in [-0.4, -0.2) is 6.04 Å². The van der Waals surface area contributed by atoms with E-state index in [4.69, 9.17) is 5.73 Å². The Kier molecular flexibility index (Phi) is 4.47. The van der Waals surface area contributed by atoms with Gasteiger partial charge in [-0.1, -0.05) is 32.0 Å². The van der Waals surface area contributed by atoms with Gasteiger partial charge in [0, 0.05) is 18.3 Å². The second-order valence-corrected chi connectivity index (χ2v) is 3.59. The minimum absolute atomic E-state index is 0.606. The van der Waals surface area contributed by atoms with Gasteiger partial charge in [-0.15, -0.1) is 0 Å². The van der Waals surface area contributed by atoms with Crippen molar-refractivity contribution in [3.8, 4) is 0 Å². The predicted octanol–water partition coefficient (Wildman–Crippen LogP) is 2.55. The largest absolute Gasteiger partial charge is 0.398 e. The zero-order valence-electron chi connectivity index (χ0n) is 9.09. The van der Waals surface area contributed by atoms with E-state index in [1.807, 2.05) is 18.2 Å². The normalized spacial score (nSPS) is 10.8. The molecule has 78 valence electrons. The molecule has 0 radical (unpaired) electrons. The maximum absolute atomic E-state index is 5.85. The minimum Gasteiger partial charge on any atom is -0.398 e. The van der Waals surface area contributed by atoms with Crippen LogP contribution in [0.15, 0.2) is 24.3 Å². The predicted molar refractivity (Wildman–Crippen MR) is 62.1 cm³/mol. The van der Waals surface area contributed by atoms with Gasteiger partial charge in [-0.2, -0.15) is 0 Å². The summed E-state index contributed by atoms with van der Waals surface area (Å²) in [5.41, 5.74) is 7.92. The Labute approximate surface area is 86.5 Å². The van der Waals surface area contributed by atoms with Gasteiger partial charge in [0.15, 0.2) is 0 Å². The third-order valence-electron chi connectivity index (χ3n) is 2.62. The van der Waals surface area contributed by atoms with Crippen LogP contribution in [0.4, 0.5) is 5.69 Å². The van der Waals surface area contributed by atoms with Crippen molar-refractivity contribution in [3.63, 3.8) is 0 Å². The van der Waals surface area contributed by atoms with Crippen molar-refractivity contribution in [2.24, 2.45) is 0 Å². The standard InChI is InChI=1S/C12H20N2/c1-3-11(4-2)14-9-10-7-5-6-8-12(10)13/h5-8,11,14H,3-4,9,13H2,1-2H3. The number of nitrogens with two attached hydrogens (primary N) is 1. The Balaban J connectivity index is 2.49. The Morgan fingerprint density at radius 3 is 2.43 bits per heavy atom. The average Bonchev–Trinajstić information content (AvgIpc) is 2.22. The fraction of sp³-hybridized carbons (Fsp3) is 0.500. The Hall–Kier alpha value is -1.02. The number of nitrogens with one attached hydrogen (secondary N) is 1. The summed E-state index contributed by atoms with van der Waals surface area (Å²) in [7, 11) is 0. The van der Waals surface area contributed by atoms with E-state index >= 15 is 0 Å². The molecule has 1 aromatic rings. The maximum Gasteiger partial charge on any atom is 0.0359 e. The molecule has 0 fully saturated rings. The summed E-state index contributed by atoms with van der Waals surface area (Å²) in [4.78, 5) is 0. The monoisotopic (exact) mass is 192 g/mol. The van der Waals surface area contributed by atoms with Crippen LogP contribution < -0.4 is 11.1 Å². The molecule has 0 spiro atoms. The van der Waals surface area contributed by atoms with E-state index in [9.17, 15) is 0 Å². The van der Waals surface area contributed by atoms with Gasteiger partial charge in [0.25, 0.3) is 0 Å². The van der Waals surface area contributed by atoms with E-state index in [2.05, 4.69) is 25.2 Å². The lowest BCUT2D eigenvalue weighted by Gasteiger charge is -2.15. The molecule has 3 N–H and O–H groups in total. The molecule has 0 saturated heterocycles. The number of nitrogen functional groups attached to an aromatic ring is 1. The molecule has 1 rings (SSSR count). The SMILES string of the molecule is CCC(CC)NCc1ccccc1N. The topological polar surface area (TPSA) is 38.0 Å². The van der Waals surface area contributed by atoms with Gasteiger partial charge in [0.1, 0.15) is 0 Å². The molecule has 0 amide bonds. The van der Waals surface area contributed by atoms with Crippen molar-refractivity contribution in [2.75, 3.05) is 5.73 Å². The third kappa shape index (κ3) is 3.04. The smallest absolute Gasteiger partial charge is 0.0359 e. The highest BCUT2D eigenvalue weighted by atomic mass is 14.9. The van der Waals surface area contributed by atoms with Crippen LogP contribution in [0.5, 0.6) is 0 Å². The molecule has 0 heterocycles. The fourth-order valence-corrected chi connectivity index (χ4v) is 1.53. The van der Waals surface area contributed by atoms with Gasteiger partial charge in [-0.3, -0.25) is 0 Å². The van der Waals surface area contributed by atoms with Gasteiger partial charge >= 0.3 is 0 Å². The molecule has 1 aromatic carbocycles. The first-order chi connectivity index (χ1) is 6.77. The molecule has 0 aliphatic heterocycles. The maximum atomic E-state index is 5.85. The van der Waals surface area contributed by atoms with Crippen LogP contribution in [0, 0.1) is 0 Å². The summed E-state index contributed by atoms with van der Waals surface area (Å²) in [6, 6.07) is 8.62. The Morgan fingerprint density at radius 2 is 1.86 bits per heavy atom. The molecule has 0 aliphatic carbocycles. The first-order valence-electron chi connectivity index (χ1n) is 5.34. The molecule has 14 heavy (non-hydrogen) atoms. The van der Waals surface area contributed by atoms with Crippen LogP contribution in [0.2, 0.25) is 0 Å². The molecule has 0 aliphatic rings. The van der Waals surface area contributed by atoms with Crippen LogP contribution in [0.25, 0.3) is 0 Å². The highest BCUT2D eigenvalue weighted by molar-refractivity contribution is 5.46. The zero-order valence-corrected chi connectivity index (χ0v) is 9.09. The summed E-state index contributed by atoms with van der Waals surface area (Å²) in [5, 5.41) is 3.50. The van der Waals surface area contributed by atoms with Crippen molar-refractivity contribution < 1.29 is 0 Å². The van der Waals surface area contributed by atoms with E-state index in [0.29, 0.717) is 6.04 Å². The number of anilines is 1. The Morgan fingerprint density at radius 1 is 1.21 bits per heavy atom. The summed E-state index contributed by atoms with van der Waals surface area (Å²) >= 11 is 0.